The van der Waals surface area contributed by atoms with Crippen LogP contribution in [0.1, 0.15) is 18.4 Å². The Morgan fingerprint density at radius 1 is 0.963 bits per heavy atom. The van der Waals surface area contributed by atoms with E-state index in [4.69, 9.17) is 4.74 Å². The minimum Gasteiger partial charge on any atom is -0.389 e. The monoisotopic (exact) mass is 372 g/mol. The number of ether oxygens (including phenoxy) is 1. The lowest BCUT2D eigenvalue weighted by Crippen LogP contribution is -2.49. The van der Waals surface area contributed by atoms with Crippen molar-refractivity contribution in [3.05, 3.63) is 66.0 Å². The van der Waals surface area contributed by atoms with Crippen molar-refractivity contribution >= 4 is 5.69 Å². The second-order valence-corrected chi connectivity index (χ2v) is 7.27. The van der Waals surface area contributed by atoms with Crippen LogP contribution >= 0.6 is 0 Å². The highest BCUT2D eigenvalue weighted by Crippen LogP contribution is 2.17. The van der Waals surface area contributed by atoms with Crippen LogP contribution in [0.4, 0.5) is 10.1 Å². The lowest BCUT2D eigenvalue weighted by molar-refractivity contribution is 0.0123. The predicted molar refractivity (Wildman–Crippen MR) is 107 cm³/mol. The maximum absolute atomic E-state index is 13.0. The number of aliphatic hydroxyl groups excluding tert-OH is 1. The van der Waals surface area contributed by atoms with Crippen LogP contribution in [0.15, 0.2) is 54.6 Å². The summed E-state index contributed by atoms with van der Waals surface area (Å²) in [5.74, 6) is 0.111. The first-order valence-electron chi connectivity index (χ1n) is 9.65. The van der Waals surface area contributed by atoms with Gasteiger partial charge >= 0.3 is 0 Å². The molecule has 0 radical (unpaired) electrons. The number of aliphatic hydroxyl groups is 1. The molecule has 0 bridgehead atoms. The highest BCUT2D eigenvalue weighted by molar-refractivity contribution is 5.46. The topological polar surface area (TPSA) is 35.9 Å². The Morgan fingerprint density at radius 2 is 1.63 bits per heavy atom. The zero-order valence-electron chi connectivity index (χ0n) is 15.9. The number of benzene rings is 2. The molecular formula is C22H29FN2O2. The van der Waals surface area contributed by atoms with Crippen molar-refractivity contribution < 1.29 is 14.2 Å². The first-order chi connectivity index (χ1) is 13.1. The molecule has 0 spiro atoms. The summed E-state index contributed by atoms with van der Waals surface area (Å²) in [6.45, 7) is 7.25. The van der Waals surface area contributed by atoms with Crippen molar-refractivity contribution in [3.63, 3.8) is 0 Å². The summed E-state index contributed by atoms with van der Waals surface area (Å²) < 4.78 is 18.8. The van der Waals surface area contributed by atoms with Gasteiger partial charge in [0.2, 0.25) is 0 Å². The van der Waals surface area contributed by atoms with E-state index in [0.717, 1.165) is 31.9 Å². The fourth-order valence-electron chi connectivity index (χ4n) is 3.45. The maximum atomic E-state index is 13.0. The molecule has 1 fully saturated rings. The van der Waals surface area contributed by atoms with E-state index in [-0.39, 0.29) is 5.82 Å². The second-order valence-electron chi connectivity index (χ2n) is 7.27. The molecule has 5 heteroatoms. The molecular weight excluding hydrogens is 343 g/mol. The standard InChI is InChI=1S/C22H29FN2O2/c1-18(19-5-3-2-4-6-19)16-27-17-22(26)15-24-11-13-25(14-12-24)21-9-7-20(23)8-10-21/h2-10,18,22,26H,11-17H2,1H3. The quantitative estimate of drug-likeness (QED) is 0.772. The van der Waals surface area contributed by atoms with E-state index in [2.05, 4.69) is 28.9 Å². The number of hydrogen-bond donors (Lipinski definition) is 1. The van der Waals surface area contributed by atoms with Crippen molar-refractivity contribution in [2.24, 2.45) is 0 Å². The lowest BCUT2D eigenvalue weighted by atomic mass is 10.0. The molecule has 146 valence electrons. The largest absolute Gasteiger partial charge is 0.389 e. The van der Waals surface area contributed by atoms with Gasteiger partial charge in [-0.25, -0.2) is 4.39 Å². The Morgan fingerprint density at radius 3 is 2.30 bits per heavy atom. The molecule has 2 aromatic carbocycles. The third-order valence-electron chi connectivity index (χ3n) is 5.08. The van der Waals surface area contributed by atoms with Crippen molar-refractivity contribution in [1.29, 1.82) is 0 Å². The first kappa shape index (κ1) is 19.8. The zero-order chi connectivity index (χ0) is 19.1. The molecule has 0 saturated carbocycles. The van der Waals surface area contributed by atoms with Crippen molar-refractivity contribution in [2.45, 2.75) is 18.9 Å². The number of anilines is 1. The molecule has 1 heterocycles. The Balaban J connectivity index is 1.34. The van der Waals surface area contributed by atoms with Gasteiger partial charge in [-0.2, -0.15) is 0 Å². The van der Waals surface area contributed by atoms with Crippen LogP contribution in [0.25, 0.3) is 0 Å². The van der Waals surface area contributed by atoms with Gasteiger partial charge in [0.25, 0.3) is 0 Å². The molecule has 0 aliphatic carbocycles. The molecule has 4 nitrogen and oxygen atoms in total. The first-order valence-corrected chi connectivity index (χ1v) is 9.65. The number of halogens is 1. The van der Waals surface area contributed by atoms with E-state index in [1.807, 2.05) is 30.3 Å². The number of β-amino-alcohol motifs (C(OH)–C–C–N with tert-alkyl or cyclic N) is 1. The van der Waals surface area contributed by atoms with Gasteiger partial charge in [-0.15, -0.1) is 0 Å². The maximum Gasteiger partial charge on any atom is 0.123 e. The van der Waals surface area contributed by atoms with Crippen molar-refractivity contribution in [1.82, 2.24) is 4.90 Å². The van der Waals surface area contributed by atoms with Crippen LogP contribution in [0.5, 0.6) is 0 Å². The molecule has 3 rings (SSSR count). The van der Waals surface area contributed by atoms with Gasteiger partial charge in [-0.1, -0.05) is 37.3 Å². The molecule has 0 aromatic heterocycles. The number of hydrogen-bond acceptors (Lipinski definition) is 4. The number of rotatable bonds is 8. The molecule has 1 aliphatic rings. The molecule has 1 saturated heterocycles. The van der Waals surface area contributed by atoms with Gasteiger partial charge in [0, 0.05) is 44.3 Å². The minimum atomic E-state index is -0.481. The van der Waals surface area contributed by atoms with Gasteiger partial charge in [0.15, 0.2) is 0 Å². The van der Waals surface area contributed by atoms with E-state index in [1.54, 1.807) is 0 Å². The number of nitrogens with zero attached hydrogens (tertiary/aromatic N) is 2. The Labute approximate surface area is 161 Å². The smallest absolute Gasteiger partial charge is 0.123 e. The fourth-order valence-corrected chi connectivity index (χ4v) is 3.45. The van der Waals surface area contributed by atoms with E-state index in [1.165, 1.54) is 17.7 Å². The summed E-state index contributed by atoms with van der Waals surface area (Å²) in [5, 5.41) is 10.3. The summed E-state index contributed by atoms with van der Waals surface area (Å²) in [6.07, 6.45) is -0.481. The van der Waals surface area contributed by atoms with Crippen LogP contribution in [0.2, 0.25) is 0 Å². The molecule has 27 heavy (non-hydrogen) atoms. The van der Waals surface area contributed by atoms with E-state index in [9.17, 15) is 9.50 Å². The molecule has 1 N–H and O–H groups in total. The summed E-state index contributed by atoms with van der Waals surface area (Å²) in [4.78, 5) is 4.51. The van der Waals surface area contributed by atoms with Gasteiger partial charge in [0.05, 0.1) is 19.3 Å². The summed E-state index contributed by atoms with van der Waals surface area (Å²) in [7, 11) is 0. The van der Waals surface area contributed by atoms with E-state index in [0.29, 0.717) is 25.7 Å². The van der Waals surface area contributed by atoms with Gasteiger partial charge in [-0.3, -0.25) is 4.90 Å². The normalized spacial score (nSPS) is 17.7. The number of piperazine rings is 1. The molecule has 1 aliphatic heterocycles. The second kappa shape index (κ2) is 9.83. The minimum absolute atomic E-state index is 0.206. The lowest BCUT2D eigenvalue weighted by Gasteiger charge is -2.36. The van der Waals surface area contributed by atoms with Gasteiger partial charge in [-0.05, 0) is 29.8 Å². The summed E-state index contributed by atoms with van der Waals surface area (Å²) >= 11 is 0. The molecule has 0 amide bonds. The molecule has 2 aromatic rings. The van der Waals surface area contributed by atoms with Crippen molar-refractivity contribution in [2.75, 3.05) is 50.8 Å². The highest BCUT2D eigenvalue weighted by Gasteiger charge is 2.19. The van der Waals surface area contributed by atoms with Crippen LogP contribution < -0.4 is 4.90 Å². The average molecular weight is 372 g/mol. The highest BCUT2D eigenvalue weighted by atomic mass is 19.1. The SMILES string of the molecule is CC(COCC(O)CN1CCN(c2ccc(F)cc2)CC1)c1ccccc1. The van der Waals surface area contributed by atoms with Crippen LogP contribution in [-0.2, 0) is 4.74 Å². The van der Waals surface area contributed by atoms with Crippen LogP contribution in [-0.4, -0.2) is 62.0 Å². The third kappa shape index (κ3) is 6.03. The third-order valence-corrected chi connectivity index (χ3v) is 5.08. The summed E-state index contributed by atoms with van der Waals surface area (Å²) in [5.41, 5.74) is 2.30. The van der Waals surface area contributed by atoms with Crippen molar-refractivity contribution in [3.8, 4) is 0 Å². The van der Waals surface area contributed by atoms with Gasteiger partial charge in [0.1, 0.15) is 5.82 Å². The Hall–Kier alpha value is -1.95. The van der Waals surface area contributed by atoms with E-state index >= 15 is 0 Å². The molecule has 2 unspecified atom stereocenters. The van der Waals surface area contributed by atoms with E-state index < -0.39 is 6.10 Å². The van der Waals surface area contributed by atoms with Crippen LogP contribution in [0.3, 0.4) is 0 Å². The summed E-state index contributed by atoms with van der Waals surface area (Å²) in [6, 6.07) is 16.9. The van der Waals surface area contributed by atoms with Crippen LogP contribution in [0, 0.1) is 5.82 Å². The molecule has 2 atom stereocenters. The fraction of sp³-hybridized carbons (Fsp3) is 0.455. The zero-order valence-corrected chi connectivity index (χ0v) is 15.9. The van der Waals surface area contributed by atoms with Gasteiger partial charge < -0.3 is 14.7 Å². The Bertz CT molecular complexity index is 672. The average Bonchev–Trinajstić information content (AvgIpc) is 2.70. The predicted octanol–water partition coefficient (Wildman–Crippen LogP) is 3.13. The Kier molecular flexibility index (Phi) is 7.21.